The van der Waals surface area contributed by atoms with Gasteiger partial charge in [0, 0.05) is 16.5 Å². The summed E-state index contributed by atoms with van der Waals surface area (Å²) in [6.45, 7) is 0. The van der Waals surface area contributed by atoms with Gasteiger partial charge in [-0.15, -0.1) is 11.8 Å². The van der Waals surface area contributed by atoms with Crippen LogP contribution in [0.25, 0.3) is 11.1 Å². The average Bonchev–Trinajstić information content (AvgIpc) is 2.69. The number of rotatable bonds is 5. The molecule has 0 unspecified atom stereocenters. The molecule has 3 rings (SSSR count). The van der Waals surface area contributed by atoms with Crippen molar-refractivity contribution in [2.75, 3.05) is 13.4 Å². The van der Waals surface area contributed by atoms with E-state index < -0.39 is 17.6 Å². The number of thioether (sulfide) groups is 1. The average molecular weight is 386 g/mol. The lowest BCUT2D eigenvalue weighted by atomic mass is 10.0. The molecule has 0 saturated carbocycles. The highest BCUT2D eigenvalue weighted by Crippen LogP contribution is 2.36. The maximum atomic E-state index is 14.0. The van der Waals surface area contributed by atoms with E-state index in [1.807, 2.05) is 30.5 Å². The highest BCUT2D eigenvalue weighted by atomic mass is 32.2. The number of benzene rings is 3. The summed E-state index contributed by atoms with van der Waals surface area (Å²) >= 11 is 1.60. The topological polar surface area (TPSA) is 35.5 Å². The standard InChI is InChI=1S/C21H16F2O3S/c1-25-21(24)14-5-9-19(26-20-10-6-15(22)12-18(20)23)17(11-14)13-3-7-16(27-2)8-4-13/h3-12H,1-2H3. The van der Waals surface area contributed by atoms with Gasteiger partial charge in [0.2, 0.25) is 0 Å². The lowest BCUT2D eigenvalue weighted by molar-refractivity contribution is 0.0601. The molecule has 138 valence electrons. The van der Waals surface area contributed by atoms with Gasteiger partial charge in [0.15, 0.2) is 11.6 Å². The van der Waals surface area contributed by atoms with Gasteiger partial charge in [-0.05, 0) is 54.3 Å². The third-order valence-electron chi connectivity index (χ3n) is 3.92. The highest BCUT2D eigenvalue weighted by molar-refractivity contribution is 7.98. The smallest absolute Gasteiger partial charge is 0.337 e. The number of carbonyl (C=O) groups excluding carboxylic acids is 1. The van der Waals surface area contributed by atoms with E-state index in [9.17, 15) is 13.6 Å². The molecule has 0 bridgehead atoms. The van der Waals surface area contributed by atoms with Crippen LogP contribution in [-0.4, -0.2) is 19.3 Å². The molecule has 0 aliphatic carbocycles. The molecule has 0 saturated heterocycles. The van der Waals surface area contributed by atoms with Gasteiger partial charge in [-0.3, -0.25) is 0 Å². The van der Waals surface area contributed by atoms with Gasteiger partial charge in [-0.2, -0.15) is 0 Å². The van der Waals surface area contributed by atoms with Gasteiger partial charge < -0.3 is 9.47 Å². The zero-order valence-electron chi connectivity index (χ0n) is 14.7. The Bertz CT molecular complexity index is 972. The first-order valence-corrected chi connectivity index (χ1v) is 9.24. The number of halogens is 2. The molecular weight excluding hydrogens is 370 g/mol. The monoisotopic (exact) mass is 386 g/mol. The molecule has 0 aliphatic heterocycles. The number of carbonyl (C=O) groups is 1. The molecule has 0 spiro atoms. The fourth-order valence-electron chi connectivity index (χ4n) is 2.54. The van der Waals surface area contributed by atoms with Gasteiger partial charge in [0.25, 0.3) is 0 Å². The quantitative estimate of drug-likeness (QED) is 0.402. The van der Waals surface area contributed by atoms with Crippen LogP contribution in [-0.2, 0) is 4.74 Å². The Morgan fingerprint density at radius 3 is 2.26 bits per heavy atom. The molecule has 27 heavy (non-hydrogen) atoms. The highest BCUT2D eigenvalue weighted by Gasteiger charge is 2.15. The molecule has 0 N–H and O–H groups in total. The van der Waals surface area contributed by atoms with Crippen LogP contribution in [0, 0.1) is 11.6 Å². The Hall–Kier alpha value is -2.86. The Kier molecular flexibility index (Phi) is 5.76. The summed E-state index contributed by atoms with van der Waals surface area (Å²) in [5, 5.41) is 0. The van der Waals surface area contributed by atoms with Gasteiger partial charge in [-0.25, -0.2) is 13.6 Å². The van der Waals surface area contributed by atoms with Crippen molar-refractivity contribution in [3.05, 3.63) is 77.9 Å². The number of ether oxygens (including phenoxy) is 2. The van der Waals surface area contributed by atoms with Crippen LogP contribution in [0.1, 0.15) is 10.4 Å². The molecule has 0 radical (unpaired) electrons. The second-order valence-corrected chi connectivity index (χ2v) is 6.49. The van der Waals surface area contributed by atoms with E-state index >= 15 is 0 Å². The van der Waals surface area contributed by atoms with Crippen molar-refractivity contribution in [2.45, 2.75) is 4.90 Å². The minimum atomic E-state index is -0.810. The molecule has 0 aromatic heterocycles. The maximum Gasteiger partial charge on any atom is 0.337 e. The molecule has 0 amide bonds. The summed E-state index contributed by atoms with van der Waals surface area (Å²) < 4.78 is 37.6. The molecule has 0 aliphatic rings. The van der Waals surface area contributed by atoms with Crippen LogP contribution >= 0.6 is 11.8 Å². The van der Waals surface area contributed by atoms with Crippen molar-refractivity contribution in [3.8, 4) is 22.6 Å². The molecule has 0 atom stereocenters. The van der Waals surface area contributed by atoms with Crippen molar-refractivity contribution < 1.29 is 23.0 Å². The van der Waals surface area contributed by atoms with Crippen LogP contribution in [0.5, 0.6) is 11.5 Å². The first-order chi connectivity index (χ1) is 13.0. The van der Waals surface area contributed by atoms with E-state index in [-0.39, 0.29) is 5.75 Å². The van der Waals surface area contributed by atoms with E-state index in [0.717, 1.165) is 22.6 Å². The van der Waals surface area contributed by atoms with Crippen LogP contribution in [0.3, 0.4) is 0 Å². The summed E-state index contributed by atoms with van der Waals surface area (Å²) in [4.78, 5) is 13.0. The molecule has 0 fully saturated rings. The summed E-state index contributed by atoms with van der Waals surface area (Å²) in [5.41, 5.74) is 1.72. The summed E-state index contributed by atoms with van der Waals surface area (Å²) in [5.74, 6) is -1.75. The Balaban J connectivity index is 2.07. The summed E-state index contributed by atoms with van der Waals surface area (Å²) in [6.07, 6.45) is 1.97. The van der Waals surface area contributed by atoms with Crippen molar-refractivity contribution in [2.24, 2.45) is 0 Å². The predicted molar refractivity (Wildman–Crippen MR) is 101 cm³/mol. The van der Waals surface area contributed by atoms with Crippen molar-refractivity contribution in [3.63, 3.8) is 0 Å². The van der Waals surface area contributed by atoms with Crippen LogP contribution in [0.4, 0.5) is 8.78 Å². The molecular formula is C21H16F2O3S. The summed E-state index contributed by atoms with van der Waals surface area (Å²) in [6, 6.07) is 15.5. The Labute approximate surface area is 159 Å². The van der Waals surface area contributed by atoms with E-state index in [1.54, 1.807) is 23.9 Å². The van der Waals surface area contributed by atoms with Gasteiger partial charge in [0.1, 0.15) is 11.6 Å². The number of hydrogen-bond donors (Lipinski definition) is 0. The fourth-order valence-corrected chi connectivity index (χ4v) is 2.94. The van der Waals surface area contributed by atoms with Crippen molar-refractivity contribution in [1.82, 2.24) is 0 Å². The first kappa shape index (κ1) is 18.9. The van der Waals surface area contributed by atoms with Gasteiger partial charge in [-0.1, -0.05) is 12.1 Å². The normalized spacial score (nSPS) is 10.5. The Morgan fingerprint density at radius 2 is 1.63 bits per heavy atom. The minimum Gasteiger partial charge on any atom is -0.465 e. The zero-order valence-corrected chi connectivity index (χ0v) is 15.5. The molecule has 6 heteroatoms. The molecule has 3 aromatic carbocycles. The van der Waals surface area contributed by atoms with Gasteiger partial charge >= 0.3 is 5.97 Å². The first-order valence-electron chi connectivity index (χ1n) is 8.01. The zero-order chi connectivity index (χ0) is 19.4. The van der Waals surface area contributed by atoms with E-state index in [4.69, 9.17) is 9.47 Å². The van der Waals surface area contributed by atoms with E-state index in [0.29, 0.717) is 16.9 Å². The number of hydrogen-bond acceptors (Lipinski definition) is 4. The van der Waals surface area contributed by atoms with Crippen LogP contribution in [0.2, 0.25) is 0 Å². The number of methoxy groups -OCH3 is 1. The lowest BCUT2D eigenvalue weighted by Gasteiger charge is -2.14. The predicted octanol–water partition coefficient (Wildman–Crippen LogP) is 5.93. The maximum absolute atomic E-state index is 14.0. The number of esters is 1. The Morgan fingerprint density at radius 1 is 0.926 bits per heavy atom. The second-order valence-electron chi connectivity index (χ2n) is 5.61. The lowest BCUT2D eigenvalue weighted by Crippen LogP contribution is -2.02. The molecule has 0 heterocycles. The van der Waals surface area contributed by atoms with E-state index in [2.05, 4.69) is 0 Å². The minimum absolute atomic E-state index is 0.107. The summed E-state index contributed by atoms with van der Waals surface area (Å²) in [7, 11) is 1.30. The fraction of sp³-hybridized carbons (Fsp3) is 0.0952. The molecule has 3 aromatic rings. The third-order valence-corrected chi connectivity index (χ3v) is 4.66. The van der Waals surface area contributed by atoms with Crippen molar-refractivity contribution in [1.29, 1.82) is 0 Å². The third kappa shape index (κ3) is 4.28. The van der Waals surface area contributed by atoms with E-state index in [1.165, 1.54) is 19.2 Å². The SMILES string of the molecule is COC(=O)c1ccc(Oc2ccc(F)cc2F)c(-c2ccc(SC)cc2)c1. The van der Waals surface area contributed by atoms with Crippen LogP contribution in [0.15, 0.2) is 65.6 Å². The largest absolute Gasteiger partial charge is 0.465 e. The van der Waals surface area contributed by atoms with Gasteiger partial charge in [0.05, 0.1) is 12.7 Å². The van der Waals surface area contributed by atoms with Crippen LogP contribution < -0.4 is 4.74 Å². The second kappa shape index (κ2) is 8.22. The van der Waals surface area contributed by atoms with Crippen molar-refractivity contribution >= 4 is 17.7 Å². The molecule has 3 nitrogen and oxygen atoms in total.